The van der Waals surface area contributed by atoms with E-state index in [1.165, 1.54) is 0 Å². The average molecular weight is 219 g/mol. The molecule has 0 amide bonds. The van der Waals surface area contributed by atoms with Crippen LogP contribution in [0.3, 0.4) is 0 Å². The van der Waals surface area contributed by atoms with Crippen LogP contribution in [0.1, 0.15) is 6.42 Å². The van der Waals surface area contributed by atoms with Crippen molar-refractivity contribution in [2.24, 2.45) is 5.84 Å². The number of carbonyl (C=O) groups excluding carboxylic acids is 1. The largest absolute Gasteiger partial charge is 0.356 e. The molecule has 5 nitrogen and oxygen atoms in total. The third-order valence-corrected chi connectivity index (χ3v) is 2.41. The highest BCUT2D eigenvalue weighted by Crippen LogP contribution is 2.15. The van der Waals surface area contributed by atoms with Gasteiger partial charge in [-0.2, -0.15) is 0 Å². The number of carbonyl (C=O) groups is 1. The Labute approximate surface area is 92.7 Å². The first-order valence-corrected chi connectivity index (χ1v) is 5.00. The van der Waals surface area contributed by atoms with Crippen molar-refractivity contribution in [2.45, 2.75) is 13.0 Å². The Morgan fingerprint density at radius 2 is 2.19 bits per heavy atom. The number of fused-ring (bicyclic) bond motifs is 1. The number of hydrazine groups is 1. The van der Waals surface area contributed by atoms with Gasteiger partial charge >= 0.3 is 5.97 Å². The number of hydrogen-bond acceptors (Lipinski definition) is 4. The molecule has 84 valence electrons. The van der Waals surface area contributed by atoms with Gasteiger partial charge in [-0.3, -0.25) is 4.79 Å². The third-order valence-electron chi connectivity index (χ3n) is 2.41. The van der Waals surface area contributed by atoms with E-state index in [4.69, 9.17) is 5.84 Å². The molecule has 0 unspecified atom stereocenters. The van der Waals surface area contributed by atoms with Crippen LogP contribution in [0.2, 0.25) is 0 Å². The SMILES string of the molecule is NNOC(=O)CCn1ccc2ccccc21. The Morgan fingerprint density at radius 3 is 3.00 bits per heavy atom. The number of nitrogens with one attached hydrogen (secondary N) is 1. The van der Waals surface area contributed by atoms with Crippen molar-refractivity contribution < 1.29 is 9.63 Å². The fraction of sp³-hybridized carbons (Fsp3) is 0.182. The number of aromatic nitrogens is 1. The molecule has 0 saturated heterocycles. The molecule has 0 bridgehead atoms. The predicted octanol–water partition coefficient (Wildman–Crippen LogP) is 0.953. The Kier molecular flexibility index (Phi) is 3.19. The first-order valence-electron chi connectivity index (χ1n) is 5.00. The van der Waals surface area contributed by atoms with Crippen LogP contribution in [0.5, 0.6) is 0 Å². The van der Waals surface area contributed by atoms with Gasteiger partial charge in [-0.15, -0.1) is 0 Å². The summed E-state index contributed by atoms with van der Waals surface area (Å²) in [5, 5.41) is 1.16. The first-order chi connectivity index (χ1) is 7.81. The van der Waals surface area contributed by atoms with E-state index in [0.29, 0.717) is 6.54 Å². The minimum absolute atomic E-state index is 0.281. The molecule has 0 aliphatic carbocycles. The highest BCUT2D eigenvalue weighted by atomic mass is 16.7. The molecule has 0 fully saturated rings. The van der Waals surface area contributed by atoms with Gasteiger partial charge in [-0.25, -0.2) is 5.84 Å². The van der Waals surface area contributed by atoms with Gasteiger partial charge in [0.2, 0.25) is 0 Å². The first kappa shape index (κ1) is 10.7. The molecule has 2 aromatic rings. The van der Waals surface area contributed by atoms with Crippen LogP contribution in [0.15, 0.2) is 36.5 Å². The zero-order valence-electron chi connectivity index (χ0n) is 8.72. The summed E-state index contributed by atoms with van der Waals surface area (Å²) < 4.78 is 2.01. The van der Waals surface area contributed by atoms with E-state index in [1.54, 1.807) is 0 Å². The van der Waals surface area contributed by atoms with Gasteiger partial charge in [0.25, 0.3) is 0 Å². The molecule has 0 aliphatic heterocycles. The predicted molar refractivity (Wildman–Crippen MR) is 60.0 cm³/mol. The molecule has 3 N–H and O–H groups in total. The fourth-order valence-electron chi connectivity index (χ4n) is 1.66. The van der Waals surface area contributed by atoms with Gasteiger partial charge in [0.05, 0.1) is 6.42 Å². The summed E-state index contributed by atoms with van der Waals surface area (Å²) in [6.07, 6.45) is 2.23. The summed E-state index contributed by atoms with van der Waals surface area (Å²) in [4.78, 5) is 15.5. The minimum atomic E-state index is -0.375. The molecule has 1 heterocycles. The molecule has 0 spiro atoms. The van der Waals surface area contributed by atoms with Crippen LogP contribution in [0, 0.1) is 0 Å². The zero-order valence-corrected chi connectivity index (χ0v) is 8.72. The lowest BCUT2D eigenvalue weighted by molar-refractivity contribution is -0.151. The van der Waals surface area contributed by atoms with Crippen molar-refractivity contribution in [1.82, 2.24) is 10.2 Å². The average Bonchev–Trinajstić information content (AvgIpc) is 2.70. The van der Waals surface area contributed by atoms with E-state index >= 15 is 0 Å². The minimum Gasteiger partial charge on any atom is -0.356 e. The van der Waals surface area contributed by atoms with E-state index < -0.39 is 0 Å². The highest BCUT2D eigenvalue weighted by molar-refractivity contribution is 5.80. The Hall–Kier alpha value is -1.85. The molecule has 5 heteroatoms. The maximum Gasteiger partial charge on any atom is 0.328 e. The van der Waals surface area contributed by atoms with E-state index in [1.807, 2.05) is 46.7 Å². The molecule has 0 atom stereocenters. The summed E-state index contributed by atoms with van der Waals surface area (Å²) in [7, 11) is 0. The van der Waals surface area contributed by atoms with Crippen molar-refractivity contribution in [1.29, 1.82) is 0 Å². The Balaban J connectivity index is 2.07. The van der Waals surface area contributed by atoms with Crippen molar-refractivity contribution in [3.8, 4) is 0 Å². The van der Waals surface area contributed by atoms with Crippen LogP contribution in [-0.2, 0) is 16.2 Å². The number of nitrogens with zero attached hydrogens (tertiary/aromatic N) is 1. The van der Waals surface area contributed by atoms with Crippen LogP contribution in [0.25, 0.3) is 10.9 Å². The van der Waals surface area contributed by atoms with Crippen molar-refractivity contribution in [3.05, 3.63) is 36.5 Å². The van der Waals surface area contributed by atoms with Crippen LogP contribution in [-0.4, -0.2) is 10.5 Å². The Morgan fingerprint density at radius 1 is 1.38 bits per heavy atom. The topological polar surface area (TPSA) is 69.3 Å². The highest BCUT2D eigenvalue weighted by Gasteiger charge is 2.04. The maximum atomic E-state index is 11.1. The lowest BCUT2D eigenvalue weighted by Crippen LogP contribution is -2.26. The van der Waals surface area contributed by atoms with Crippen molar-refractivity contribution >= 4 is 16.9 Å². The molecular formula is C11H13N3O2. The molecule has 1 aromatic heterocycles. The van der Waals surface area contributed by atoms with E-state index in [-0.39, 0.29) is 12.4 Å². The summed E-state index contributed by atoms with van der Waals surface area (Å²) in [6, 6.07) is 10.0. The number of rotatable bonds is 4. The second-order valence-electron chi connectivity index (χ2n) is 3.41. The van der Waals surface area contributed by atoms with Crippen molar-refractivity contribution in [2.75, 3.05) is 0 Å². The summed E-state index contributed by atoms with van der Waals surface area (Å²) >= 11 is 0. The van der Waals surface area contributed by atoms with Gasteiger partial charge in [0, 0.05) is 18.3 Å². The molecular weight excluding hydrogens is 206 g/mol. The zero-order chi connectivity index (χ0) is 11.4. The number of nitrogens with two attached hydrogens (primary N) is 1. The Bertz CT molecular complexity index is 493. The number of para-hydroxylation sites is 1. The number of aryl methyl sites for hydroxylation is 1. The summed E-state index contributed by atoms with van der Waals surface area (Å²) in [6.45, 7) is 0.577. The fourth-order valence-corrected chi connectivity index (χ4v) is 1.66. The smallest absolute Gasteiger partial charge is 0.328 e. The lowest BCUT2D eigenvalue weighted by atomic mass is 10.2. The quantitative estimate of drug-likeness (QED) is 0.593. The monoisotopic (exact) mass is 219 g/mol. The van der Waals surface area contributed by atoms with Gasteiger partial charge in [-0.1, -0.05) is 23.8 Å². The number of hydrogen-bond donors (Lipinski definition) is 2. The van der Waals surface area contributed by atoms with E-state index in [0.717, 1.165) is 10.9 Å². The van der Waals surface area contributed by atoms with Crippen LogP contribution >= 0.6 is 0 Å². The normalized spacial score (nSPS) is 10.6. The summed E-state index contributed by atoms with van der Waals surface area (Å²) in [5.74, 6) is 4.49. The molecule has 0 saturated carbocycles. The van der Waals surface area contributed by atoms with Gasteiger partial charge in [0.1, 0.15) is 0 Å². The molecule has 0 radical (unpaired) electrons. The second kappa shape index (κ2) is 4.78. The van der Waals surface area contributed by atoms with Crippen LogP contribution in [0.4, 0.5) is 0 Å². The molecule has 0 aliphatic rings. The molecule has 1 aromatic carbocycles. The van der Waals surface area contributed by atoms with Crippen LogP contribution < -0.4 is 11.4 Å². The maximum absolute atomic E-state index is 11.1. The second-order valence-corrected chi connectivity index (χ2v) is 3.41. The standard InChI is InChI=1S/C11H13N3O2/c12-13-16-11(15)6-8-14-7-5-9-3-1-2-4-10(9)14/h1-5,7,13H,6,8,12H2. The number of benzene rings is 1. The molecule has 16 heavy (non-hydrogen) atoms. The lowest BCUT2D eigenvalue weighted by Gasteiger charge is -2.04. The van der Waals surface area contributed by atoms with E-state index in [2.05, 4.69) is 4.84 Å². The summed E-state index contributed by atoms with van der Waals surface area (Å²) in [5.41, 5.74) is 2.98. The van der Waals surface area contributed by atoms with Crippen molar-refractivity contribution in [3.63, 3.8) is 0 Å². The van der Waals surface area contributed by atoms with E-state index in [9.17, 15) is 4.79 Å². The van der Waals surface area contributed by atoms with Gasteiger partial charge in [0.15, 0.2) is 0 Å². The van der Waals surface area contributed by atoms with Gasteiger partial charge < -0.3 is 9.40 Å². The third kappa shape index (κ3) is 2.21. The van der Waals surface area contributed by atoms with Gasteiger partial charge in [-0.05, 0) is 17.5 Å². The molecule has 2 rings (SSSR count).